The summed E-state index contributed by atoms with van der Waals surface area (Å²) in [5.74, 6) is 1.52. The van der Waals surface area contributed by atoms with Gasteiger partial charge in [-0.15, -0.1) is 5.10 Å². The molecule has 4 aromatic rings. The Bertz CT molecular complexity index is 1260. The summed E-state index contributed by atoms with van der Waals surface area (Å²) < 4.78 is 5.23. The minimum absolute atomic E-state index is 0.298. The summed E-state index contributed by atoms with van der Waals surface area (Å²) in [6.07, 6.45) is 4.40. The standard InChI is InChI=1S/C26H29N7O2/c1-4-6-11-23-27-16-22(26(34)35-5-2)25(28-23)33(3)17-18-12-14-19(15-13-18)20-9-7-8-10-21(20)24-29-31-32-30-24/h7-10,12-16H,4-6,11,17H2,1-3H3,(H,29,30,31,32). The van der Waals surface area contributed by atoms with Crippen LogP contribution in [-0.4, -0.2) is 50.2 Å². The molecule has 0 saturated heterocycles. The van der Waals surface area contributed by atoms with E-state index in [0.717, 1.165) is 47.3 Å². The highest BCUT2D eigenvalue weighted by Gasteiger charge is 2.19. The number of unbranched alkanes of at least 4 members (excludes halogenated alkanes) is 1. The number of aromatic amines is 1. The van der Waals surface area contributed by atoms with Crippen LogP contribution < -0.4 is 4.90 Å². The summed E-state index contributed by atoms with van der Waals surface area (Å²) >= 11 is 0. The van der Waals surface area contributed by atoms with E-state index >= 15 is 0 Å². The van der Waals surface area contributed by atoms with Gasteiger partial charge in [-0.1, -0.05) is 61.9 Å². The zero-order valence-electron chi connectivity index (χ0n) is 20.2. The van der Waals surface area contributed by atoms with Gasteiger partial charge >= 0.3 is 5.97 Å². The third-order valence-corrected chi connectivity index (χ3v) is 5.64. The minimum Gasteiger partial charge on any atom is -0.462 e. The van der Waals surface area contributed by atoms with Gasteiger partial charge < -0.3 is 9.64 Å². The van der Waals surface area contributed by atoms with Crippen molar-refractivity contribution in [2.45, 2.75) is 39.7 Å². The molecule has 35 heavy (non-hydrogen) atoms. The molecule has 0 aliphatic rings. The Hall–Kier alpha value is -4.14. The van der Waals surface area contributed by atoms with E-state index in [1.807, 2.05) is 36.2 Å². The second-order valence-electron chi connectivity index (χ2n) is 8.20. The molecule has 0 radical (unpaired) electrons. The highest BCUT2D eigenvalue weighted by Crippen LogP contribution is 2.30. The molecule has 2 aromatic heterocycles. The highest BCUT2D eigenvalue weighted by atomic mass is 16.5. The Kier molecular flexibility index (Phi) is 7.77. The maximum atomic E-state index is 12.5. The van der Waals surface area contributed by atoms with Gasteiger partial charge in [-0.2, -0.15) is 0 Å². The lowest BCUT2D eigenvalue weighted by Crippen LogP contribution is -2.23. The Morgan fingerprint density at radius 3 is 2.51 bits per heavy atom. The molecule has 0 spiro atoms. The Balaban J connectivity index is 1.57. The molecule has 1 N–H and O–H groups in total. The number of aromatic nitrogens is 6. The average Bonchev–Trinajstić information content (AvgIpc) is 3.43. The van der Waals surface area contributed by atoms with E-state index < -0.39 is 5.97 Å². The van der Waals surface area contributed by atoms with E-state index in [4.69, 9.17) is 9.72 Å². The lowest BCUT2D eigenvalue weighted by Gasteiger charge is -2.21. The SMILES string of the molecule is CCCCc1ncc(C(=O)OCC)c(N(C)Cc2ccc(-c3ccccc3-c3nnn[nH]3)cc2)n1. The number of hydrogen-bond acceptors (Lipinski definition) is 8. The van der Waals surface area contributed by atoms with Crippen LogP contribution in [0.3, 0.4) is 0 Å². The van der Waals surface area contributed by atoms with Crippen molar-refractivity contribution >= 4 is 11.8 Å². The fourth-order valence-electron chi connectivity index (χ4n) is 3.86. The number of ether oxygens (including phenoxy) is 1. The van der Waals surface area contributed by atoms with Crippen LogP contribution in [0.2, 0.25) is 0 Å². The molecule has 9 nitrogen and oxygen atoms in total. The maximum absolute atomic E-state index is 12.5. The van der Waals surface area contributed by atoms with Gasteiger partial charge in [-0.3, -0.25) is 0 Å². The summed E-state index contributed by atoms with van der Waals surface area (Å²) in [5, 5.41) is 14.3. The largest absolute Gasteiger partial charge is 0.462 e. The first-order chi connectivity index (χ1) is 17.1. The fraction of sp³-hybridized carbons (Fsp3) is 0.308. The van der Waals surface area contributed by atoms with Crippen LogP contribution in [-0.2, 0) is 17.7 Å². The van der Waals surface area contributed by atoms with E-state index in [2.05, 4.69) is 56.8 Å². The summed E-state index contributed by atoms with van der Waals surface area (Å²) in [6.45, 7) is 4.79. The smallest absolute Gasteiger partial charge is 0.343 e. The van der Waals surface area contributed by atoms with Gasteiger partial charge in [-0.05, 0) is 40.5 Å². The highest BCUT2D eigenvalue weighted by molar-refractivity contribution is 5.94. The van der Waals surface area contributed by atoms with E-state index in [9.17, 15) is 4.79 Å². The summed E-state index contributed by atoms with van der Waals surface area (Å²) in [5.41, 5.74) is 4.48. The van der Waals surface area contributed by atoms with Crippen molar-refractivity contribution in [1.29, 1.82) is 0 Å². The first kappa shape index (κ1) is 24.0. The lowest BCUT2D eigenvalue weighted by atomic mass is 9.98. The maximum Gasteiger partial charge on any atom is 0.343 e. The van der Waals surface area contributed by atoms with E-state index in [1.54, 1.807) is 13.1 Å². The van der Waals surface area contributed by atoms with Crippen molar-refractivity contribution < 1.29 is 9.53 Å². The van der Waals surface area contributed by atoms with Crippen molar-refractivity contribution in [3.05, 3.63) is 71.7 Å². The third kappa shape index (κ3) is 5.68. The number of nitrogens with zero attached hydrogens (tertiary/aromatic N) is 6. The number of carbonyl (C=O) groups is 1. The van der Waals surface area contributed by atoms with Gasteiger partial charge in [0.15, 0.2) is 5.82 Å². The van der Waals surface area contributed by atoms with Gasteiger partial charge in [-0.25, -0.2) is 19.9 Å². The summed E-state index contributed by atoms with van der Waals surface area (Å²) in [7, 11) is 1.93. The molecule has 9 heteroatoms. The number of hydrogen-bond donors (Lipinski definition) is 1. The number of anilines is 1. The van der Waals surface area contributed by atoms with Crippen LogP contribution in [0.25, 0.3) is 22.5 Å². The van der Waals surface area contributed by atoms with Crippen LogP contribution in [0.4, 0.5) is 5.82 Å². The zero-order chi connectivity index (χ0) is 24.6. The molecule has 180 valence electrons. The molecule has 0 atom stereocenters. The number of H-pyrrole nitrogens is 1. The zero-order valence-corrected chi connectivity index (χ0v) is 20.2. The second-order valence-corrected chi connectivity index (χ2v) is 8.20. The number of rotatable bonds is 10. The summed E-state index contributed by atoms with van der Waals surface area (Å²) in [4.78, 5) is 23.6. The minimum atomic E-state index is -0.412. The number of tetrazole rings is 1. The Labute approximate surface area is 204 Å². The molecule has 2 heterocycles. The molecule has 0 saturated carbocycles. The molecule has 0 bridgehead atoms. The van der Waals surface area contributed by atoms with Crippen LogP contribution in [0.5, 0.6) is 0 Å². The molecule has 2 aromatic carbocycles. The molecule has 4 rings (SSSR count). The number of aryl methyl sites for hydroxylation is 1. The number of esters is 1. The number of benzene rings is 2. The predicted octanol–water partition coefficient (Wildman–Crippen LogP) is 4.48. The first-order valence-electron chi connectivity index (χ1n) is 11.8. The van der Waals surface area contributed by atoms with Crippen molar-refractivity contribution in [1.82, 2.24) is 30.6 Å². The van der Waals surface area contributed by atoms with Crippen molar-refractivity contribution in [2.75, 3.05) is 18.6 Å². The normalized spacial score (nSPS) is 10.8. The third-order valence-electron chi connectivity index (χ3n) is 5.64. The van der Waals surface area contributed by atoms with E-state index in [-0.39, 0.29) is 0 Å². The first-order valence-corrected chi connectivity index (χ1v) is 11.8. The van der Waals surface area contributed by atoms with Crippen LogP contribution in [0.15, 0.2) is 54.7 Å². The van der Waals surface area contributed by atoms with Crippen LogP contribution in [0.1, 0.15) is 48.4 Å². The van der Waals surface area contributed by atoms with Crippen molar-refractivity contribution in [3.8, 4) is 22.5 Å². The molecular weight excluding hydrogens is 442 g/mol. The van der Waals surface area contributed by atoms with Gasteiger partial charge in [0.05, 0.1) is 6.61 Å². The molecule has 0 aliphatic carbocycles. The monoisotopic (exact) mass is 471 g/mol. The van der Waals surface area contributed by atoms with Gasteiger partial charge in [0.25, 0.3) is 0 Å². The average molecular weight is 472 g/mol. The second kappa shape index (κ2) is 11.3. The van der Waals surface area contributed by atoms with Gasteiger partial charge in [0, 0.05) is 31.8 Å². The van der Waals surface area contributed by atoms with Crippen molar-refractivity contribution in [2.24, 2.45) is 0 Å². The van der Waals surface area contributed by atoms with Crippen molar-refractivity contribution in [3.63, 3.8) is 0 Å². The van der Waals surface area contributed by atoms with Crippen LogP contribution >= 0.6 is 0 Å². The molecular formula is C26H29N7O2. The van der Waals surface area contributed by atoms with E-state index in [0.29, 0.717) is 30.4 Å². The van der Waals surface area contributed by atoms with Crippen LogP contribution in [0, 0.1) is 0 Å². The lowest BCUT2D eigenvalue weighted by molar-refractivity contribution is 0.0526. The topological polar surface area (TPSA) is 110 Å². The fourth-order valence-corrected chi connectivity index (χ4v) is 3.86. The Morgan fingerprint density at radius 2 is 1.83 bits per heavy atom. The number of nitrogens with one attached hydrogen (secondary N) is 1. The molecule has 0 aliphatic heterocycles. The van der Waals surface area contributed by atoms with Gasteiger partial charge in [0.1, 0.15) is 17.2 Å². The number of carbonyl (C=O) groups excluding carboxylic acids is 1. The quantitative estimate of drug-likeness (QED) is 0.337. The molecule has 0 amide bonds. The molecule has 0 fully saturated rings. The van der Waals surface area contributed by atoms with Gasteiger partial charge in [0.2, 0.25) is 0 Å². The van der Waals surface area contributed by atoms with E-state index in [1.165, 1.54) is 0 Å². The predicted molar refractivity (Wildman–Crippen MR) is 134 cm³/mol. The summed E-state index contributed by atoms with van der Waals surface area (Å²) in [6, 6.07) is 16.3. The molecule has 0 unspecified atom stereocenters. The Morgan fingerprint density at radius 1 is 1.06 bits per heavy atom.